The molecule has 10 heteroatoms. The highest BCUT2D eigenvalue weighted by Crippen LogP contribution is 2.38. The van der Waals surface area contributed by atoms with E-state index in [4.69, 9.17) is 0 Å². The van der Waals surface area contributed by atoms with E-state index in [0.29, 0.717) is 11.3 Å². The molecule has 0 saturated carbocycles. The molecule has 2 aromatic carbocycles. The lowest BCUT2D eigenvalue weighted by atomic mass is 10.0. The summed E-state index contributed by atoms with van der Waals surface area (Å²) < 4.78 is 68.8. The number of carbonyl (C=O) groups is 1. The number of hydrogen-bond acceptors (Lipinski definition) is 5. The van der Waals surface area contributed by atoms with Gasteiger partial charge in [-0.05, 0) is 55.5 Å². The molecule has 4 rings (SSSR count). The molecule has 1 aliphatic heterocycles. The predicted octanol–water partition coefficient (Wildman–Crippen LogP) is 4.53. The molecule has 31 heavy (non-hydrogen) atoms. The Hall–Kier alpha value is -3.53. The number of carbonyl (C=O) groups excluding carboxylic acids is 1. The van der Waals surface area contributed by atoms with Crippen LogP contribution in [0.15, 0.2) is 70.1 Å². The van der Waals surface area contributed by atoms with Gasteiger partial charge in [-0.2, -0.15) is 21.6 Å². The van der Waals surface area contributed by atoms with Crippen LogP contribution in [0.4, 0.5) is 18.9 Å². The Balaban J connectivity index is 1.73. The highest BCUT2D eigenvalue weighted by Gasteiger charge is 2.35. The van der Waals surface area contributed by atoms with Gasteiger partial charge in [0.25, 0.3) is 10.0 Å². The number of rotatable bonds is 3. The molecular weight excluding hydrogens is 431 g/mol. The maximum Gasteiger partial charge on any atom is 0.418 e. The van der Waals surface area contributed by atoms with Crippen molar-refractivity contribution < 1.29 is 26.4 Å². The largest absolute Gasteiger partial charge is 0.418 e. The summed E-state index contributed by atoms with van der Waals surface area (Å²) in [7, 11) is -4.11. The number of nitrogens with zero attached hydrogens (tertiary/aromatic N) is 2. The van der Waals surface area contributed by atoms with Crippen molar-refractivity contribution in [3.63, 3.8) is 0 Å². The summed E-state index contributed by atoms with van der Waals surface area (Å²) in [6.07, 6.45) is -3.43. The highest BCUT2D eigenvalue weighted by molar-refractivity contribution is 7.90. The van der Waals surface area contributed by atoms with E-state index in [1.54, 1.807) is 24.3 Å². The Morgan fingerprint density at radius 1 is 1.03 bits per heavy atom. The minimum Gasteiger partial charge on any atom is -0.339 e. The van der Waals surface area contributed by atoms with E-state index in [0.717, 1.165) is 12.1 Å². The van der Waals surface area contributed by atoms with Crippen molar-refractivity contribution in [1.29, 1.82) is 0 Å². The lowest BCUT2D eigenvalue weighted by Crippen LogP contribution is -2.12. The first-order valence-electron chi connectivity index (χ1n) is 8.96. The third kappa shape index (κ3) is 3.93. The van der Waals surface area contributed by atoms with Crippen molar-refractivity contribution in [2.75, 3.05) is 5.32 Å². The third-order valence-corrected chi connectivity index (χ3v) is 5.98. The number of benzene rings is 2. The van der Waals surface area contributed by atoms with Crippen molar-refractivity contribution in [2.24, 2.45) is 4.40 Å². The first-order chi connectivity index (χ1) is 14.6. The van der Waals surface area contributed by atoms with Gasteiger partial charge in [0.05, 0.1) is 11.3 Å². The summed E-state index contributed by atoms with van der Waals surface area (Å²) in [5.74, 6) is -0.0767. The van der Waals surface area contributed by atoms with Crippen LogP contribution in [0.25, 0.3) is 11.3 Å². The number of fused-ring (bicyclic) bond motifs is 1. The summed E-state index contributed by atoms with van der Waals surface area (Å²) in [6, 6.07) is 12.3. The zero-order chi connectivity index (χ0) is 22.4. The minimum atomic E-state index is -4.64. The Labute approximate surface area is 175 Å². The molecule has 1 aliphatic rings. The molecule has 0 aliphatic carbocycles. The van der Waals surface area contributed by atoms with Crippen molar-refractivity contribution in [1.82, 2.24) is 4.98 Å². The van der Waals surface area contributed by atoms with E-state index in [9.17, 15) is 26.4 Å². The normalized spacial score (nSPS) is 14.6. The van der Waals surface area contributed by atoms with Crippen LogP contribution in [-0.2, 0) is 16.2 Å². The fraction of sp³-hybridized carbons (Fsp3) is 0.0952. The standard InChI is InChI=1S/C21H14F3N3O3S/c1-12(28)13-4-7-15(8-5-13)26-20-16-9-6-14(11-18(16)31(29,30)27-20)19-17(21(22,23)24)3-2-10-25-19/h2-11H,1H3,(H,26,27). The topological polar surface area (TPSA) is 88.5 Å². The number of hydrogen-bond donors (Lipinski definition) is 1. The number of aromatic nitrogens is 1. The van der Waals surface area contributed by atoms with Crippen LogP contribution in [0, 0.1) is 0 Å². The minimum absolute atomic E-state index is 0.0116. The molecule has 6 nitrogen and oxygen atoms in total. The number of sulfonamides is 1. The molecule has 158 valence electrons. The number of nitrogens with one attached hydrogen (secondary N) is 1. The van der Waals surface area contributed by atoms with Gasteiger partial charge in [0, 0.05) is 28.6 Å². The molecule has 0 amide bonds. The Morgan fingerprint density at radius 3 is 2.39 bits per heavy atom. The average Bonchev–Trinajstić information content (AvgIpc) is 2.97. The fourth-order valence-corrected chi connectivity index (χ4v) is 4.38. The second-order valence-electron chi connectivity index (χ2n) is 6.78. The van der Waals surface area contributed by atoms with Crippen LogP contribution in [-0.4, -0.2) is 25.0 Å². The molecule has 0 fully saturated rings. The van der Waals surface area contributed by atoms with Crippen LogP contribution in [0.3, 0.4) is 0 Å². The number of alkyl halides is 3. The number of pyridine rings is 1. The SMILES string of the molecule is CC(=O)c1ccc(NC2=NS(=O)(=O)c3cc(-c4ncccc4C(F)(F)F)ccc32)cc1. The van der Waals surface area contributed by atoms with Gasteiger partial charge in [0.1, 0.15) is 4.90 Å². The van der Waals surface area contributed by atoms with E-state index in [1.807, 2.05) is 0 Å². The molecule has 1 aromatic heterocycles. The smallest absolute Gasteiger partial charge is 0.339 e. The van der Waals surface area contributed by atoms with Gasteiger partial charge in [-0.15, -0.1) is 4.40 Å². The van der Waals surface area contributed by atoms with Gasteiger partial charge in [0.2, 0.25) is 0 Å². The van der Waals surface area contributed by atoms with Crippen molar-refractivity contribution in [3.05, 3.63) is 77.5 Å². The molecule has 0 radical (unpaired) electrons. The summed E-state index contributed by atoms with van der Waals surface area (Å²) in [6.45, 7) is 1.43. The van der Waals surface area contributed by atoms with Gasteiger partial charge in [-0.25, -0.2) is 0 Å². The van der Waals surface area contributed by atoms with Gasteiger partial charge < -0.3 is 5.32 Å². The maximum absolute atomic E-state index is 13.3. The maximum atomic E-state index is 13.3. The summed E-state index contributed by atoms with van der Waals surface area (Å²) in [5.41, 5.74) is -0.0989. The number of ketones is 1. The second-order valence-corrected chi connectivity index (χ2v) is 8.35. The molecule has 0 saturated heterocycles. The number of amidine groups is 1. The Morgan fingerprint density at radius 2 is 1.74 bits per heavy atom. The highest BCUT2D eigenvalue weighted by atomic mass is 32.2. The molecule has 1 N–H and O–H groups in total. The van der Waals surface area contributed by atoms with Crippen LogP contribution < -0.4 is 5.32 Å². The number of Topliss-reactive ketones (excluding diaryl/α,β-unsaturated/α-hetero) is 1. The van der Waals surface area contributed by atoms with Gasteiger partial charge in [-0.3, -0.25) is 9.78 Å². The first kappa shape index (κ1) is 20.7. The lowest BCUT2D eigenvalue weighted by Gasteiger charge is -2.12. The monoisotopic (exact) mass is 445 g/mol. The zero-order valence-electron chi connectivity index (χ0n) is 15.9. The molecule has 0 bridgehead atoms. The molecule has 0 spiro atoms. The molecule has 0 atom stereocenters. The van der Waals surface area contributed by atoms with E-state index in [2.05, 4.69) is 14.7 Å². The fourth-order valence-electron chi connectivity index (χ4n) is 3.18. The van der Waals surface area contributed by atoms with E-state index in [-0.39, 0.29) is 33.3 Å². The molecular formula is C21H14F3N3O3S. The Bertz CT molecular complexity index is 1330. The Kier molecular flexibility index (Phi) is 4.89. The van der Waals surface area contributed by atoms with Crippen molar-refractivity contribution in [3.8, 4) is 11.3 Å². The summed E-state index contributed by atoms with van der Waals surface area (Å²) >= 11 is 0. The van der Waals surface area contributed by atoms with Crippen LogP contribution in [0.2, 0.25) is 0 Å². The predicted molar refractivity (Wildman–Crippen MR) is 108 cm³/mol. The third-order valence-electron chi connectivity index (χ3n) is 4.67. The lowest BCUT2D eigenvalue weighted by molar-refractivity contribution is -0.137. The van der Waals surface area contributed by atoms with Crippen LogP contribution >= 0.6 is 0 Å². The number of halogens is 3. The summed E-state index contributed by atoms with van der Waals surface area (Å²) in [5, 5.41) is 2.88. The van der Waals surface area contributed by atoms with Gasteiger partial charge in [-0.1, -0.05) is 6.07 Å². The zero-order valence-corrected chi connectivity index (χ0v) is 16.8. The molecule has 3 aromatic rings. The van der Waals surface area contributed by atoms with E-state index in [1.165, 1.54) is 31.3 Å². The van der Waals surface area contributed by atoms with E-state index < -0.39 is 21.8 Å². The average molecular weight is 445 g/mol. The molecule has 0 unspecified atom stereocenters. The molecule has 2 heterocycles. The quantitative estimate of drug-likeness (QED) is 0.599. The number of anilines is 1. The van der Waals surface area contributed by atoms with Crippen LogP contribution in [0.5, 0.6) is 0 Å². The van der Waals surface area contributed by atoms with Crippen molar-refractivity contribution >= 4 is 27.3 Å². The second kappa shape index (κ2) is 7.31. The first-order valence-corrected chi connectivity index (χ1v) is 10.4. The van der Waals surface area contributed by atoms with Crippen molar-refractivity contribution in [2.45, 2.75) is 18.0 Å². The summed E-state index contributed by atoms with van der Waals surface area (Å²) in [4.78, 5) is 15.0. The van der Waals surface area contributed by atoms with E-state index >= 15 is 0 Å². The van der Waals surface area contributed by atoms with Gasteiger partial charge in [0.15, 0.2) is 11.6 Å². The van der Waals surface area contributed by atoms with Crippen LogP contribution in [0.1, 0.15) is 28.4 Å². The van der Waals surface area contributed by atoms with Gasteiger partial charge >= 0.3 is 6.18 Å².